The molecule has 1 rings (SSSR count). The highest BCUT2D eigenvalue weighted by Gasteiger charge is 2.10. The molecule has 2 heteroatoms. The molecule has 0 N–H and O–H groups in total. The van der Waals surface area contributed by atoms with Gasteiger partial charge in [0.25, 0.3) is 0 Å². The van der Waals surface area contributed by atoms with Crippen LogP contribution in [-0.4, -0.2) is 5.78 Å². The third-order valence-electron chi connectivity index (χ3n) is 2.09. The van der Waals surface area contributed by atoms with E-state index in [1.54, 1.807) is 0 Å². The van der Waals surface area contributed by atoms with Gasteiger partial charge in [-0.15, -0.1) is 6.58 Å². The maximum Gasteiger partial charge on any atom is 0.162 e. The quantitative estimate of drug-likeness (QED) is 0.589. The van der Waals surface area contributed by atoms with E-state index in [1.807, 2.05) is 31.2 Å². The zero-order valence-corrected chi connectivity index (χ0v) is 9.80. The smallest absolute Gasteiger partial charge is 0.162 e. The molecule has 0 atom stereocenters. The maximum atomic E-state index is 11.6. The highest BCUT2D eigenvalue weighted by molar-refractivity contribution is 9.10. The Labute approximate surface area is 93.0 Å². The first-order valence-corrected chi connectivity index (χ1v) is 5.41. The Morgan fingerprint density at radius 1 is 1.57 bits per heavy atom. The molecule has 0 radical (unpaired) electrons. The van der Waals surface area contributed by atoms with E-state index in [-0.39, 0.29) is 5.78 Å². The maximum absolute atomic E-state index is 11.6. The predicted molar refractivity (Wildman–Crippen MR) is 62.7 cm³/mol. The molecule has 1 nitrogen and oxygen atoms in total. The summed E-state index contributed by atoms with van der Waals surface area (Å²) in [6, 6.07) is 5.71. The van der Waals surface area contributed by atoms with Gasteiger partial charge in [0.2, 0.25) is 0 Å². The van der Waals surface area contributed by atoms with E-state index < -0.39 is 0 Å². The number of benzene rings is 1. The Balaban J connectivity index is 3.20. The van der Waals surface area contributed by atoms with E-state index in [2.05, 4.69) is 22.5 Å². The second-order valence-corrected chi connectivity index (χ2v) is 3.89. The van der Waals surface area contributed by atoms with Gasteiger partial charge in [-0.1, -0.05) is 41.1 Å². The summed E-state index contributed by atoms with van der Waals surface area (Å²) >= 11 is 3.45. The number of hydrogen-bond donors (Lipinski definition) is 0. The summed E-state index contributed by atoms with van der Waals surface area (Å²) < 4.78 is 0.983. The number of carbonyl (C=O) groups is 1. The normalized spacial score (nSPS) is 9.86. The zero-order valence-electron chi connectivity index (χ0n) is 8.22. The van der Waals surface area contributed by atoms with Crippen molar-refractivity contribution in [2.24, 2.45) is 0 Å². The molecular formula is C12H13BrO. The summed E-state index contributed by atoms with van der Waals surface area (Å²) in [5, 5.41) is 0. The first-order valence-electron chi connectivity index (χ1n) is 4.62. The average molecular weight is 253 g/mol. The minimum atomic E-state index is 0.183. The number of halogens is 1. The SMILES string of the molecule is C=CCc1c(Br)cccc1C(=O)CC. The topological polar surface area (TPSA) is 17.1 Å². The zero-order chi connectivity index (χ0) is 10.6. The third-order valence-corrected chi connectivity index (χ3v) is 2.83. The summed E-state index contributed by atoms with van der Waals surface area (Å²) in [4.78, 5) is 11.6. The Bertz CT molecular complexity index is 355. The molecule has 1 aromatic carbocycles. The number of carbonyl (C=O) groups excluding carboxylic acids is 1. The van der Waals surface area contributed by atoms with Crippen LogP contribution in [0.2, 0.25) is 0 Å². The molecule has 0 aromatic heterocycles. The lowest BCUT2D eigenvalue weighted by Gasteiger charge is -2.07. The van der Waals surface area contributed by atoms with E-state index in [9.17, 15) is 4.79 Å². The molecule has 1 aromatic rings. The minimum Gasteiger partial charge on any atom is -0.294 e. The number of ketones is 1. The van der Waals surface area contributed by atoms with Crippen LogP contribution in [-0.2, 0) is 6.42 Å². The summed E-state index contributed by atoms with van der Waals surface area (Å²) in [6.07, 6.45) is 3.08. The average Bonchev–Trinajstić information content (AvgIpc) is 2.20. The summed E-state index contributed by atoms with van der Waals surface area (Å²) in [6.45, 7) is 5.57. The lowest BCUT2D eigenvalue weighted by Crippen LogP contribution is -2.02. The Morgan fingerprint density at radius 3 is 2.86 bits per heavy atom. The Kier molecular flexibility index (Phi) is 4.08. The van der Waals surface area contributed by atoms with Crippen LogP contribution >= 0.6 is 15.9 Å². The van der Waals surface area contributed by atoms with Crippen LogP contribution < -0.4 is 0 Å². The molecule has 0 saturated carbocycles. The van der Waals surface area contributed by atoms with E-state index in [0.717, 1.165) is 22.0 Å². The molecule has 0 unspecified atom stereocenters. The second-order valence-electron chi connectivity index (χ2n) is 3.04. The van der Waals surface area contributed by atoms with Crippen LogP contribution in [0.5, 0.6) is 0 Å². The third kappa shape index (κ3) is 2.32. The van der Waals surface area contributed by atoms with Gasteiger partial charge in [0.05, 0.1) is 0 Å². The van der Waals surface area contributed by atoms with Gasteiger partial charge in [-0.2, -0.15) is 0 Å². The van der Waals surface area contributed by atoms with Gasteiger partial charge in [-0.25, -0.2) is 0 Å². The van der Waals surface area contributed by atoms with E-state index >= 15 is 0 Å². The fourth-order valence-corrected chi connectivity index (χ4v) is 1.89. The van der Waals surface area contributed by atoms with Gasteiger partial charge in [0.15, 0.2) is 5.78 Å². The number of allylic oxidation sites excluding steroid dienone is 1. The van der Waals surface area contributed by atoms with Crippen molar-refractivity contribution in [1.82, 2.24) is 0 Å². The molecule has 0 fully saturated rings. The van der Waals surface area contributed by atoms with Gasteiger partial charge in [-0.05, 0) is 18.1 Å². The summed E-state index contributed by atoms with van der Waals surface area (Å²) in [7, 11) is 0. The first kappa shape index (κ1) is 11.2. The molecule has 0 aliphatic heterocycles. The fourth-order valence-electron chi connectivity index (χ4n) is 1.36. The van der Waals surface area contributed by atoms with Gasteiger partial charge in [0.1, 0.15) is 0 Å². The van der Waals surface area contributed by atoms with Crippen LogP contribution in [0.4, 0.5) is 0 Å². The Morgan fingerprint density at radius 2 is 2.29 bits per heavy atom. The van der Waals surface area contributed by atoms with Gasteiger partial charge >= 0.3 is 0 Å². The summed E-state index contributed by atoms with van der Waals surface area (Å²) in [5.74, 6) is 0.183. The molecule has 0 spiro atoms. The predicted octanol–water partition coefficient (Wildman–Crippen LogP) is 3.77. The van der Waals surface area contributed by atoms with Crippen LogP contribution in [0.25, 0.3) is 0 Å². The molecule has 14 heavy (non-hydrogen) atoms. The molecule has 0 heterocycles. The van der Waals surface area contributed by atoms with Crippen molar-refractivity contribution < 1.29 is 4.79 Å². The van der Waals surface area contributed by atoms with E-state index in [4.69, 9.17) is 0 Å². The number of Topliss-reactive ketones (excluding diaryl/α,β-unsaturated/α-hetero) is 1. The van der Waals surface area contributed by atoms with Crippen LogP contribution in [0.3, 0.4) is 0 Å². The van der Waals surface area contributed by atoms with Crippen molar-refractivity contribution in [2.75, 3.05) is 0 Å². The standard InChI is InChI=1S/C12H13BrO/c1-3-6-9-10(12(14)4-2)7-5-8-11(9)13/h3,5,7-8H,1,4,6H2,2H3. The van der Waals surface area contributed by atoms with Crippen molar-refractivity contribution in [1.29, 1.82) is 0 Å². The van der Waals surface area contributed by atoms with Crippen molar-refractivity contribution >= 4 is 21.7 Å². The van der Waals surface area contributed by atoms with E-state index in [1.165, 1.54) is 0 Å². The van der Waals surface area contributed by atoms with Crippen LogP contribution in [0.15, 0.2) is 35.3 Å². The monoisotopic (exact) mass is 252 g/mol. The first-order chi connectivity index (χ1) is 6.70. The molecule has 0 bridgehead atoms. The molecule has 0 aliphatic rings. The molecule has 0 aliphatic carbocycles. The van der Waals surface area contributed by atoms with Gasteiger partial charge in [0, 0.05) is 16.5 Å². The highest BCUT2D eigenvalue weighted by Crippen LogP contribution is 2.22. The molecular weight excluding hydrogens is 240 g/mol. The number of rotatable bonds is 4. The van der Waals surface area contributed by atoms with Crippen molar-refractivity contribution in [3.63, 3.8) is 0 Å². The van der Waals surface area contributed by atoms with Gasteiger partial charge in [-0.3, -0.25) is 4.79 Å². The largest absolute Gasteiger partial charge is 0.294 e. The Hall–Kier alpha value is -0.890. The van der Waals surface area contributed by atoms with Crippen LogP contribution in [0, 0.1) is 0 Å². The van der Waals surface area contributed by atoms with Crippen LogP contribution in [0.1, 0.15) is 29.3 Å². The van der Waals surface area contributed by atoms with E-state index in [0.29, 0.717) is 6.42 Å². The molecule has 0 saturated heterocycles. The molecule has 0 amide bonds. The lowest BCUT2D eigenvalue weighted by atomic mass is 10.00. The lowest BCUT2D eigenvalue weighted by molar-refractivity contribution is 0.0987. The number of hydrogen-bond acceptors (Lipinski definition) is 1. The van der Waals surface area contributed by atoms with Crippen molar-refractivity contribution in [3.8, 4) is 0 Å². The minimum absolute atomic E-state index is 0.183. The van der Waals surface area contributed by atoms with Crippen molar-refractivity contribution in [2.45, 2.75) is 19.8 Å². The summed E-state index contributed by atoms with van der Waals surface area (Å²) in [5.41, 5.74) is 1.84. The van der Waals surface area contributed by atoms with Crippen molar-refractivity contribution in [3.05, 3.63) is 46.5 Å². The molecule has 74 valence electrons. The second kappa shape index (κ2) is 5.11. The fraction of sp³-hybridized carbons (Fsp3) is 0.250. The highest BCUT2D eigenvalue weighted by atomic mass is 79.9. The van der Waals surface area contributed by atoms with Gasteiger partial charge < -0.3 is 0 Å².